The van der Waals surface area contributed by atoms with Gasteiger partial charge in [0.2, 0.25) is 0 Å². The molecule has 0 aliphatic carbocycles. The van der Waals surface area contributed by atoms with Gasteiger partial charge in [-0.25, -0.2) is 0 Å². The van der Waals surface area contributed by atoms with Gasteiger partial charge in [0.25, 0.3) is 0 Å². The number of hydrogen-bond acceptors (Lipinski definition) is 3. The minimum Gasteiger partial charge on any atom is -0.504 e. The summed E-state index contributed by atoms with van der Waals surface area (Å²) in [5.41, 5.74) is 5.94. The molecule has 0 saturated carbocycles. The Kier molecular flexibility index (Phi) is 3.18. The summed E-state index contributed by atoms with van der Waals surface area (Å²) in [6, 6.07) is 4.97. The van der Waals surface area contributed by atoms with Crippen molar-refractivity contribution >= 4 is 0 Å². The molecule has 0 saturated heterocycles. The average Bonchev–Trinajstić information content (AvgIpc) is 2.15. The predicted molar refractivity (Wildman–Crippen MR) is 50.6 cm³/mol. The maximum atomic E-state index is 9.37. The number of benzene rings is 1. The Morgan fingerprint density at radius 1 is 1.54 bits per heavy atom. The lowest BCUT2D eigenvalue weighted by atomic mass is 10.2. The Balaban J connectivity index is 2.96. The van der Waals surface area contributed by atoms with E-state index in [1.54, 1.807) is 18.2 Å². The first-order valence-corrected chi connectivity index (χ1v) is 3.84. The van der Waals surface area contributed by atoms with Gasteiger partial charge in [0.1, 0.15) is 0 Å². The molecule has 3 N–H and O–H groups in total. The minimum atomic E-state index is 0.0892. The second kappa shape index (κ2) is 4.39. The average molecular weight is 177 g/mol. The standard InChI is InChI=1S/C10H11NO2/c1-13-10-5-4-8(3-2-6-11)7-9(10)12/h4-5,7,12H,6,11H2,1H3. The first kappa shape index (κ1) is 9.43. The first-order chi connectivity index (χ1) is 6.27. The molecule has 68 valence electrons. The van der Waals surface area contributed by atoms with Crippen LogP contribution < -0.4 is 10.5 Å². The van der Waals surface area contributed by atoms with Crippen LogP contribution in [-0.4, -0.2) is 18.8 Å². The second-order valence-electron chi connectivity index (χ2n) is 2.39. The Hall–Kier alpha value is -1.66. The lowest BCUT2D eigenvalue weighted by Gasteiger charge is -2.01. The summed E-state index contributed by atoms with van der Waals surface area (Å²) in [6.45, 7) is 0.312. The smallest absolute Gasteiger partial charge is 0.160 e. The van der Waals surface area contributed by atoms with Crippen LogP contribution in [0.1, 0.15) is 5.56 Å². The van der Waals surface area contributed by atoms with Gasteiger partial charge >= 0.3 is 0 Å². The van der Waals surface area contributed by atoms with Crippen LogP contribution in [0.2, 0.25) is 0 Å². The number of ether oxygens (including phenoxy) is 1. The van der Waals surface area contributed by atoms with Gasteiger partial charge < -0.3 is 15.6 Å². The summed E-state index contributed by atoms with van der Waals surface area (Å²) >= 11 is 0. The zero-order chi connectivity index (χ0) is 9.68. The van der Waals surface area contributed by atoms with Crippen molar-refractivity contribution in [3.05, 3.63) is 23.8 Å². The zero-order valence-corrected chi connectivity index (χ0v) is 7.37. The molecule has 0 amide bonds. The molecule has 3 nitrogen and oxygen atoms in total. The molecule has 0 fully saturated rings. The fourth-order valence-corrected chi connectivity index (χ4v) is 0.921. The lowest BCUT2D eigenvalue weighted by molar-refractivity contribution is 0.373. The van der Waals surface area contributed by atoms with Crippen LogP contribution in [0.4, 0.5) is 0 Å². The number of phenols is 1. The van der Waals surface area contributed by atoms with Crippen molar-refractivity contribution in [2.45, 2.75) is 0 Å². The molecule has 3 heteroatoms. The summed E-state index contributed by atoms with van der Waals surface area (Å²) in [5, 5.41) is 9.37. The molecule has 0 atom stereocenters. The number of rotatable bonds is 1. The van der Waals surface area contributed by atoms with Gasteiger partial charge in [0.05, 0.1) is 13.7 Å². The molecule has 0 aliphatic heterocycles. The van der Waals surface area contributed by atoms with Gasteiger partial charge in [-0.15, -0.1) is 0 Å². The third kappa shape index (κ3) is 2.39. The van der Waals surface area contributed by atoms with E-state index < -0.39 is 0 Å². The third-order valence-corrected chi connectivity index (χ3v) is 1.51. The van der Waals surface area contributed by atoms with Crippen LogP contribution >= 0.6 is 0 Å². The zero-order valence-electron chi connectivity index (χ0n) is 7.37. The Bertz CT molecular complexity index is 350. The van der Waals surface area contributed by atoms with E-state index in [0.29, 0.717) is 12.3 Å². The molecule has 0 aliphatic rings. The number of aromatic hydroxyl groups is 1. The first-order valence-electron chi connectivity index (χ1n) is 3.84. The predicted octanol–water partition coefficient (Wildman–Crippen LogP) is 0.711. The maximum Gasteiger partial charge on any atom is 0.160 e. The Morgan fingerprint density at radius 3 is 2.85 bits per heavy atom. The number of nitrogens with two attached hydrogens (primary N) is 1. The van der Waals surface area contributed by atoms with E-state index >= 15 is 0 Å². The van der Waals surface area contributed by atoms with Crippen molar-refractivity contribution in [3.8, 4) is 23.3 Å². The molecule has 0 radical (unpaired) electrons. The molecule has 0 bridgehead atoms. The van der Waals surface area contributed by atoms with Crippen molar-refractivity contribution in [1.29, 1.82) is 0 Å². The molecule has 0 unspecified atom stereocenters. The summed E-state index contributed by atoms with van der Waals surface area (Å²) < 4.78 is 4.88. The summed E-state index contributed by atoms with van der Waals surface area (Å²) in [5.74, 6) is 6.03. The molecule has 0 aromatic heterocycles. The minimum absolute atomic E-state index is 0.0892. The van der Waals surface area contributed by atoms with E-state index in [2.05, 4.69) is 11.8 Å². The fraction of sp³-hybridized carbons (Fsp3) is 0.200. The maximum absolute atomic E-state index is 9.37. The van der Waals surface area contributed by atoms with Crippen LogP contribution in [0, 0.1) is 11.8 Å². The molecule has 1 rings (SSSR count). The highest BCUT2D eigenvalue weighted by atomic mass is 16.5. The molecular formula is C10H11NO2. The van der Waals surface area contributed by atoms with Crippen LogP contribution in [0.3, 0.4) is 0 Å². The number of hydrogen-bond donors (Lipinski definition) is 2. The molecule has 0 heterocycles. The third-order valence-electron chi connectivity index (χ3n) is 1.51. The van der Waals surface area contributed by atoms with E-state index in [-0.39, 0.29) is 5.75 Å². The van der Waals surface area contributed by atoms with Crippen LogP contribution in [0.5, 0.6) is 11.5 Å². The highest BCUT2D eigenvalue weighted by Crippen LogP contribution is 2.25. The van der Waals surface area contributed by atoms with E-state index in [1.807, 2.05) is 0 Å². The summed E-state index contributed by atoms with van der Waals surface area (Å²) in [4.78, 5) is 0. The van der Waals surface area contributed by atoms with Crippen LogP contribution in [0.25, 0.3) is 0 Å². The van der Waals surface area contributed by atoms with Crippen molar-refractivity contribution in [3.63, 3.8) is 0 Å². The molecule has 0 spiro atoms. The molecular weight excluding hydrogens is 166 g/mol. The Morgan fingerprint density at radius 2 is 2.31 bits per heavy atom. The van der Waals surface area contributed by atoms with Gasteiger partial charge in [-0.1, -0.05) is 11.8 Å². The molecule has 1 aromatic carbocycles. The van der Waals surface area contributed by atoms with Crippen molar-refractivity contribution in [2.24, 2.45) is 5.73 Å². The quantitative estimate of drug-likeness (QED) is 0.621. The van der Waals surface area contributed by atoms with Gasteiger partial charge in [-0.3, -0.25) is 0 Å². The Labute approximate surface area is 77.1 Å². The largest absolute Gasteiger partial charge is 0.504 e. The van der Waals surface area contributed by atoms with Gasteiger partial charge in [-0.2, -0.15) is 0 Å². The van der Waals surface area contributed by atoms with E-state index in [1.165, 1.54) is 7.11 Å². The number of phenolic OH excluding ortho intramolecular Hbond substituents is 1. The summed E-state index contributed by atoms with van der Waals surface area (Å²) in [7, 11) is 1.50. The molecule has 13 heavy (non-hydrogen) atoms. The number of methoxy groups -OCH3 is 1. The van der Waals surface area contributed by atoms with E-state index in [9.17, 15) is 5.11 Å². The van der Waals surface area contributed by atoms with E-state index in [0.717, 1.165) is 5.56 Å². The lowest BCUT2D eigenvalue weighted by Crippen LogP contribution is -1.93. The van der Waals surface area contributed by atoms with E-state index in [4.69, 9.17) is 10.5 Å². The van der Waals surface area contributed by atoms with Crippen molar-refractivity contribution in [2.75, 3.05) is 13.7 Å². The fourth-order valence-electron chi connectivity index (χ4n) is 0.921. The monoisotopic (exact) mass is 177 g/mol. The second-order valence-corrected chi connectivity index (χ2v) is 2.39. The van der Waals surface area contributed by atoms with Gasteiger partial charge in [0, 0.05) is 5.56 Å². The van der Waals surface area contributed by atoms with Gasteiger partial charge in [-0.05, 0) is 18.2 Å². The highest BCUT2D eigenvalue weighted by Gasteiger charge is 1.99. The van der Waals surface area contributed by atoms with Crippen LogP contribution in [0.15, 0.2) is 18.2 Å². The summed E-state index contributed by atoms with van der Waals surface area (Å²) in [6.07, 6.45) is 0. The highest BCUT2D eigenvalue weighted by molar-refractivity contribution is 5.47. The van der Waals surface area contributed by atoms with Crippen molar-refractivity contribution in [1.82, 2.24) is 0 Å². The normalized spacial score (nSPS) is 8.77. The van der Waals surface area contributed by atoms with Gasteiger partial charge in [0.15, 0.2) is 11.5 Å². The SMILES string of the molecule is COc1ccc(C#CCN)cc1O. The topological polar surface area (TPSA) is 55.5 Å². The van der Waals surface area contributed by atoms with Crippen LogP contribution in [-0.2, 0) is 0 Å². The molecule has 1 aromatic rings. The van der Waals surface area contributed by atoms with Crippen molar-refractivity contribution < 1.29 is 9.84 Å².